The number of rotatable bonds is 6. The van der Waals surface area contributed by atoms with Gasteiger partial charge in [0.2, 0.25) is 5.91 Å². The molecule has 1 aliphatic heterocycles. The molecule has 22 heavy (non-hydrogen) atoms. The van der Waals surface area contributed by atoms with Crippen LogP contribution in [0.15, 0.2) is 24.4 Å². The number of carbonyl (C=O) groups excluding carboxylic acids is 1. The quantitative estimate of drug-likeness (QED) is 0.831. The Hall–Kier alpha value is -0.840. The number of piperidine rings is 1. The van der Waals surface area contributed by atoms with Gasteiger partial charge in [0, 0.05) is 31.3 Å². The molecular formula is C16H27Cl2N3O. The highest BCUT2D eigenvalue weighted by Gasteiger charge is 2.21. The summed E-state index contributed by atoms with van der Waals surface area (Å²) >= 11 is 0. The molecule has 2 rings (SSSR count). The van der Waals surface area contributed by atoms with Crippen molar-refractivity contribution in [3.05, 3.63) is 30.1 Å². The van der Waals surface area contributed by atoms with Crippen LogP contribution < -0.4 is 10.6 Å². The molecule has 2 heterocycles. The van der Waals surface area contributed by atoms with Crippen LogP contribution in [0.1, 0.15) is 31.9 Å². The van der Waals surface area contributed by atoms with Crippen LogP contribution in [-0.2, 0) is 11.2 Å². The molecule has 1 aromatic rings. The van der Waals surface area contributed by atoms with E-state index in [0.717, 1.165) is 25.2 Å². The topological polar surface area (TPSA) is 54.0 Å². The molecule has 0 saturated carbocycles. The minimum Gasteiger partial charge on any atom is -0.356 e. The summed E-state index contributed by atoms with van der Waals surface area (Å²) in [6, 6.07) is 5.87. The fraction of sp³-hybridized carbons (Fsp3) is 0.625. The van der Waals surface area contributed by atoms with E-state index in [1.54, 1.807) is 6.20 Å². The molecule has 0 spiro atoms. The van der Waals surface area contributed by atoms with Crippen LogP contribution in [0, 0.1) is 11.8 Å². The number of hydrogen-bond donors (Lipinski definition) is 2. The van der Waals surface area contributed by atoms with E-state index < -0.39 is 0 Å². The maximum atomic E-state index is 11.9. The Morgan fingerprint density at radius 1 is 1.45 bits per heavy atom. The molecule has 2 unspecified atom stereocenters. The molecule has 1 amide bonds. The summed E-state index contributed by atoms with van der Waals surface area (Å²) in [5, 5.41) is 6.42. The minimum absolute atomic E-state index is 0. The van der Waals surface area contributed by atoms with Crippen molar-refractivity contribution in [2.45, 2.75) is 32.6 Å². The Bertz CT molecular complexity index is 411. The van der Waals surface area contributed by atoms with Crippen molar-refractivity contribution in [1.29, 1.82) is 0 Å². The third kappa shape index (κ3) is 7.43. The molecule has 0 radical (unpaired) electrons. The Labute approximate surface area is 145 Å². The third-order valence-corrected chi connectivity index (χ3v) is 4.08. The number of nitrogens with one attached hydrogen (secondary N) is 2. The molecule has 1 aliphatic rings. The number of hydrogen-bond acceptors (Lipinski definition) is 3. The zero-order valence-electron chi connectivity index (χ0n) is 13.1. The number of amides is 1. The Balaban J connectivity index is 0.00000220. The van der Waals surface area contributed by atoms with Crippen LogP contribution >= 0.6 is 24.8 Å². The van der Waals surface area contributed by atoms with Crippen LogP contribution in [-0.4, -0.2) is 30.5 Å². The first-order chi connectivity index (χ1) is 9.75. The first kappa shape index (κ1) is 21.2. The van der Waals surface area contributed by atoms with Crippen LogP contribution in [0.25, 0.3) is 0 Å². The van der Waals surface area contributed by atoms with Crippen molar-refractivity contribution in [2.24, 2.45) is 11.8 Å². The highest BCUT2D eigenvalue weighted by molar-refractivity contribution is 5.85. The van der Waals surface area contributed by atoms with Gasteiger partial charge in [-0.3, -0.25) is 9.78 Å². The van der Waals surface area contributed by atoms with Crippen molar-refractivity contribution in [3.8, 4) is 0 Å². The second kappa shape index (κ2) is 11.7. The van der Waals surface area contributed by atoms with Gasteiger partial charge in [0.05, 0.1) is 0 Å². The molecule has 0 aliphatic carbocycles. The van der Waals surface area contributed by atoms with E-state index in [1.807, 2.05) is 18.2 Å². The molecule has 1 fully saturated rings. The predicted molar refractivity (Wildman–Crippen MR) is 94.8 cm³/mol. The van der Waals surface area contributed by atoms with Crippen molar-refractivity contribution in [2.75, 3.05) is 19.6 Å². The first-order valence-electron chi connectivity index (χ1n) is 7.63. The molecule has 1 saturated heterocycles. The third-order valence-electron chi connectivity index (χ3n) is 4.08. The van der Waals surface area contributed by atoms with Crippen LogP contribution in [0.3, 0.4) is 0 Å². The zero-order chi connectivity index (χ0) is 14.2. The molecule has 6 heteroatoms. The van der Waals surface area contributed by atoms with Gasteiger partial charge in [0.1, 0.15) is 0 Å². The molecule has 126 valence electrons. The fourth-order valence-electron chi connectivity index (χ4n) is 2.77. The summed E-state index contributed by atoms with van der Waals surface area (Å²) in [5.74, 6) is 1.27. The number of pyridine rings is 1. The SMILES string of the molecule is CC(CC(=O)NCCc1ccccn1)C1CCCNC1.Cl.Cl. The minimum atomic E-state index is 0. The lowest BCUT2D eigenvalue weighted by molar-refractivity contribution is -0.122. The van der Waals surface area contributed by atoms with Crippen LogP contribution in [0.4, 0.5) is 0 Å². The van der Waals surface area contributed by atoms with Crippen molar-refractivity contribution in [1.82, 2.24) is 15.6 Å². The standard InChI is InChI=1S/C16H25N3O.2ClH/c1-13(14-5-4-8-17-12-14)11-16(20)19-10-7-15-6-2-3-9-18-15;;/h2-3,6,9,13-14,17H,4-5,7-8,10-12H2,1H3,(H,19,20);2*1H. The van der Waals surface area contributed by atoms with Crippen LogP contribution in [0.2, 0.25) is 0 Å². The lowest BCUT2D eigenvalue weighted by Crippen LogP contribution is -2.36. The summed E-state index contributed by atoms with van der Waals surface area (Å²) in [6.07, 6.45) is 5.70. The van der Waals surface area contributed by atoms with E-state index in [9.17, 15) is 4.79 Å². The predicted octanol–water partition coefficient (Wildman–Crippen LogP) is 2.61. The van der Waals surface area contributed by atoms with Crippen molar-refractivity contribution >= 4 is 30.7 Å². The number of aromatic nitrogens is 1. The molecule has 0 bridgehead atoms. The Morgan fingerprint density at radius 2 is 2.27 bits per heavy atom. The van der Waals surface area contributed by atoms with E-state index >= 15 is 0 Å². The highest BCUT2D eigenvalue weighted by atomic mass is 35.5. The van der Waals surface area contributed by atoms with E-state index in [1.165, 1.54) is 12.8 Å². The highest BCUT2D eigenvalue weighted by Crippen LogP contribution is 2.22. The summed E-state index contributed by atoms with van der Waals surface area (Å²) in [5.41, 5.74) is 1.03. The normalized spacial score (nSPS) is 18.5. The molecule has 4 nitrogen and oxygen atoms in total. The maximum Gasteiger partial charge on any atom is 0.220 e. The van der Waals surface area contributed by atoms with Gasteiger partial charge in [-0.25, -0.2) is 0 Å². The van der Waals surface area contributed by atoms with Gasteiger partial charge in [-0.1, -0.05) is 13.0 Å². The molecule has 0 aromatic carbocycles. The lowest BCUT2D eigenvalue weighted by Gasteiger charge is -2.28. The largest absolute Gasteiger partial charge is 0.356 e. The van der Waals surface area contributed by atoms with E-state index in [0.29, 0.717) is 24.8 Å². The second-order valence-electron chi connectivity index (χ2n) is 5.71. The van der Waals surface area contributed by atoms with Gasteiger partial charge >= 0.3 is 0 Å². The maximum absolute atomic E-state index is 11.9. The van der Waals surface area contributed by atoms with E-state index in [4.69, 9.17) is 0 Å². The zero-order valence-corrected chi connectivity index (χ0v) is 14.7. The van der Waals surface area contributed by atoms with E-state index in [-0.39, 0.29) is 30.7 Å². The summed E-state index contributed by atoms with van der Waals surface area (Å²) in [6.45, 7) is 5.04. The van der Waals surface area contributed by atoms with Crippen molar-refractivity contribution in [3.63, 3.8) is 0 Å². The average Bonchev–Trinajstić information content (AvgIpc) is 2.49. The van der Waals surface area contributed by atoms with Gasteiger partial charge < -0.3 is 10.6 Å². The smallest absolute Gasteiger partial charge is 0.220 e. The monoisotopic (exact) mass is 347 g/mol. The van der Waals surface area contributed by atoms with Crippen LogP contribution in [0.5, 0.6) is 0 Å². The van der Waals surface area contributed by atoms with Gasteiger partial charge in [-0.05, 0) is 49.9 Å². The second-order valence-corrected chi connectivity index (χ2v) is 5.71. The fourth-order valence-corrected chi connectivity index (χ4v) is 2.77. The average molecular weight is 348 g/mol. The molecule has 2 atom stereocenters. The van der Waals surface area contributed by atoms with E-state index in [2.05, 4.69) is 22.5 Å². The first-order valence-corrected chi connectivity index (χ1v) is 7.63. The number of halogens is 2. The Morgan fingerprint density at radius 3 is 2.91 bits per heavy atom. The number of nitrogens with zero attached hydrogens (tertiary/aromatic N) is 1. The number of carbonyl (C=O) groups is 1. The van der Waals surface area contributed by atoms with Crippen molar-refractivity contribution < 1.29 is 4.79 Å². The summed E-state index contributed by atoms with van der Waals surface area (Å²) < 4.78 is 0. The summed E-state index contributed by atoms with van der Waals surface area (Å²) in [4.78, 5) is 16.2. The molecule has 1 aromatic heterocycles. The molecule has 2 N–H and O–H groups in total. The molecular weight excluding hydrogens is 321 g/mol. The van der Waals surface area contributed by atoms with Gasteiger partial charge in [-0.2, -0.15) is 0 Å². The summed E-state index contributed by atoms with van der Waals surface area (Å²) in [7, 11) is 0. The van der Waals surface area contributed by atoms with Gasteiger partial charge in [0.15, 0.2) is 0 Å². The van der Waals surface area contributed by atoms with Gasteiger partial charge in [-0.15, -0.1) is 24.8 Å². The lowest BCUT2D eigenvalue weighted by atomic mass is 9.85. The Kier molecular flexibility index (Phi) is 11.2. The van der Waals surface area contributed by atoms with Gasteiger partial charge in [0.25, 0.3) is 0 Å².